The number of halogens is 2. The molecule has 0 saturated carbocycles. The molecule has 1 aliphatic heterocycles. The first-order valence-electron chi connectivity index (χ1n) is 7.30. The van der Waals surface area contributed by atoms with E-state index in [0.29, 0.717) is 6.54 Å². The molecule has 1 N–H and O–H groups in total. The average Bonchev–Trinajstić information content (AvgIpc) is 2.45. The molecule has 0 bridgehead atoms. The first kappa shape index (κ1) is 17.7. The summed E-state index contributed by atoms with van der Waals surface area (Å²) in [7, 11) is 0. The van der Waals surface area contributed by atoms with Crippen molar-refractivity contribution in [2.45, 2.75) is 31.8 Å². The molecule has 1 saturated heterocycles. The molecule has 1 fully saturated rings. The van der Waals surface area contributed by atoms with Gasteiger partial charge in [0.2, 0.25) is 5.91 Å². The van der Waals surface area contributed by atoms with Gasteiger partial charge in [0.1, 0.15) is 5.82 Å². The van der Waals surface area contributed by atoms with Gasteiger partial charge in [0.15, 0.2) is 0 Å². The van der Waals surface area contributed by atoms with Crippen molar-refractivity contribution in [1.82, 2.24) is 4.90 Å². The quantitative estimate of drug-likeness (QED) is 0.912. The van der Waals surface area contributed by atoms with Gasteiger partial charge in [0.05, 0.1) is 24.5 Å². The third-order valence-corrected chi connectivity index (χ3v) is 4.20. The first-order valence-corrected chi connectivity index (χ1v) is 7.68. The highest BCUT2D eigenvalue weighted by molar-refractivity contribution is 6.30. The Labute approximate surface area is 139 Å². The number of ether oxygens (including phenoxy) is 1. The molecule has 126 valence electrons. The summed E-state index contributed by atoms with van der Waals surface area (Å²) in [5.74, 6) is -1.78. The standard InChI is InChI=1S/C16H19ClFNO4/c1-16(2,12-4-3-10(17)7-13(12)18)15(22)19-5-6-23-11(9-19)8-14(20)21/h3-4,7,11H,5-6,8-9H2,1-2H3,(H,20,21). The molecular formula is C16H19ClFNO4. The maximum atomic E-state index is 14.2. The van der Waals surface area contributed by atoms with Gasteiger partial charge in [-0.2, -0.15) is 0 Å². The van der Waals surface area contributed by atoms with E-state index in [1.807, 2.05) is 0 Å². The maximum Gasteiger partial charge on any atom is 0.306 e. The van der Waals surface area contributed by atoms with E-state index < -0.39 is 23.3 Å². The lowest BCUT2D eigenvalue weighted by molar-refractivity contribution is -0.150. The molecule has 1 aromatic rings. The highest BCUT2D eigenvalue weighted by Gasteiger charge is 2.38. The van der Waals surface area contributed by atoms with Gasteiger partial charge in [-0.15, -0.1) is 0 Å². The lowest BCUT2D eigenvalue weighted by Gasteiger charge is -2.37. The van der Waals surface area contributed by atoms with Crippen molar-refractivity contribution in [3.8, 4) is 0 Å². The smallest absolute Gasteiger partial charge is 0.306 e. The summed E-state index contributed by atoms with van der Waals surface area (Å²) in [6.45, 7) is 4.09. The van der Waals surface area contributed by atoms with E-state index in [1.54, 1.807) is 19.9 Å². The number of carbonyl (C=O) groups is 2. The minimum atomic E-state index is -1.08. The van der Waals surface area contributed by atoms with Crippen LogP contribution in [0, 0.1) is 5.82 Å². The third kappa shape index (κ3) is 4.00. The van der Waals surface area contributed by atoms with Crippen molar-refractivity contribution in [2.75, 3.05) is 19.7 Å². The number of carboxylic acids is 1. The van der Waals surface area contributed by atoms with Gasteiger partial charge in [0, 0.05) is 23.7 Å². The second-order valence-electron chi connectivity index (χ2n) is 6.09. The molecule has 0 aromatic heterocycles. The van der Waals surface area contributed by atoms with Crippen molar-refractivity contribution < 1.29 is 23.8 Å². The first-order chi connectivity index (χ1) is 10.7. The van der Waals surface area contributed by atoms with Gasteiger partial charge < -0.3 is 14.7 Å². The van der Waals surface area contributed by atoms with Crippen molar-refractivity contribution in [3.05, 3.63) is 34.6 Å². The Balaban J connectivity index is 2.18. The van der Waals surface area contributed by atoms with E-state index in [0.717, 1.165) is 0 Å². The number of nitrogens with zero attached hydrogens (tertiary/aromatic N) is 1. The van der Waals surface area contributed by atoms with Gasteiger partial charge in [-0.25, -0.2) is 4.39 Å². The van der Waals surface area contributed by atoms with Crippen LogP contribution in [0.5, 0.6) is 0 Å². The molecule has 5 nitrogen and oxygen atoms in total. The summed E-state index contributed by atoms with van der Waals surface area (Å²) in [5, 5.41) is 9.11. The maximum absolute atomic E-state index is 14.2. The van der Waals surface area contributed by atoms with Gasteiger partial charge >= 0.3 is 5.97 Å². The second kappa shape index (κ2) is 6.84. The van der Waals surface area contributed by atoms with Gasteiger partial charge in [-0.05, 0) is 26.0 Å². The van der Waals surface area contributed by atoms with Crippen LogP contribution in [0.1, 0.15) is 25.8 Å². The number of carbonyl (C=O) groups excluding carboxylic acids is 1. The van der Waals surface area contributed by atoms with E-state index in [1.165, 1.54) is 17.0 Å². The van der Waals surface area contributed by atoms with Gasteiger partial charge in [-0.1, -0.05) is 17.7 Å². The summed E-state index contributed by atoms with van der Waals surface area (Å²) in [5.41, 5.74) is -0.826. The van der Waals surface area contributed by atoms with Gasteiger partial charge in [0.25, 0.3) is 0 Å². The van der Waals surface area contributed by atoms with Crippen molar-refractivity contribution in [3.63, 3.8) is 0 Å². The predicted octanol–water partition coefficient (Wildman–Crippen LogP) is 2.46. The van der Waals surface area contributed by atoms with E-state index in [9.17, 15) is 14.0 Å². The fourth-order valence-electron chi connectivity index (χ4n) is 2.73. The summed E-state index contributed by atoms with van der Waals surface area (Å²) < 4.78 is 19.5. The Morgan fingerprint density at radius 1 is 1.48 bits per heavy atom. The third-order valence-electron chi connectivity index (χ3n) is 3.97. The Kier molecular flexibility index (Phi) is 5.26. The Morgan fingerprint density at radius 2 is 2.17 bits per heavy atom. The molecule has 2 rings (SSSR count). The lowest BCUT2D eigenvalue weighted by Crippen LogP contribution is -2.51. The number of carboxylic acid groups (broad SMARTS) is 1. The number of amides is 1. The number of aliphatic carboxylic acids is 1. The van der Waals surface area contributed by atoms with E-state index >= 15 is 0 Å². The molecular weight excluding hydrogens is 325 g/mol. The zero-order valence-electron chi connectivity index (χ0n) is 13.0. The predicted molar refractivity (Wildman–Crippen MR) is 83.0 cm³/mol. The normalized spacial score (nSPS) is 18.8. The SMILES string of the molecule is CC(C)(C(=O)N1CCOC(CC(=O)O)C1)c1ccc(Cl)cc1F. The fourth-order valence-corrected chi connectivity index (χ4v) is 2.89. The van der Waals surface area contributed by atoms with E-state index in [2.05, 4.69) is 0 Å². The molecule has 7 heteroatoms. The van der Waals surface area contributed by atoms with Crippen molar-refractivity contribution in [1.29, 1.82) is 0 Å². The summed E-state index contributed by atoms with van der Waals surface area (Å²) >= 11 is 5.76. The Morgan fingerprint density at radius 3 is 2.78 bits per heavy atom. The Bertz CT molecular complexity index is 620. The van der Waals surface area contributed by atoms with Crippen LogP contribution in [0.25, 0.3) is 0 Å². The topological polar surface area (TPSA) is 66.8 Å². The van der Waals surface area contributed by atoms with E-state index in [4.69, 9.17) is 21.4 Å². The van der Waals surface area contributed by atoms with Crippen LogP contribution in [0.15, 0.2) is 18.2 Å². The minimum absolute atomic E-state index is 0.167. The fraction of sp³-hybridized carbons (Fsp3) is 0.500. The monoisotopic (exact) mass is 343 g/mol. The number of hydrogen-bond donors (Lipinski definition) is 1. The molecule has 0 radical (unpaired) electrons. The summed E-state index contributed by atoms with van der Waals surface area (Å²) in [6, 6.07) is 4.23. The Hall–Kier alpha value is -1.66. The zero-order valence-corrected chi connectivity index (χ0v) is 13.8. The van der Waals surface area contributed by atoms with Crippen LogP contribution in [-0.4, -0.2) is 47.7 Å². The van der Waals surface area contributed by atoms with Crippen LogP contribution in [-0.2, 0) is 19.7 Å². The second-order valence-corrected chi connectivity index (χ2v) is 6.53. The van der Waals surface area contributed by atoms with Crippen LogP contribution in [0.4, 0.5) is 4.39 Å². The number of morpholine rings is 1. The molecule has 0 spiro atoms. The van der Waals surface area contributed by atoms with Crippen LogP contribution >= 0.6 is 11.6 Å². The number of rotatable bonds is 4. The van der Waals surface area contributed by atoms with Crippen LogP contribution in [0.3, 0.4) is 0 Å². The molecule has 1 aromatic carbocycles. The summed E-state index contributed by atoms with van der Waals surface area (Å²) in [4.78, 5) is 25.1. The number of hydrogen-bond acceptors (Lipinski definition) is 3. The zero-order chi connectivity index (χ0) is 17.2. The van der Waals surface area contributed by atoms with Crippen molar-refractivity contribution >= 4 is 23.5 Å². The molecule has 1 heterocycles. The average molecular weight is 344 g/mol. The van der Waals surface area contributed by atoms with Crippen LogP contribution < -0.4 is 0 Å². The highest BCUT2D eigenvalue weighted by Crippen LogP contribution is 2.30. The van der Waals surface area contributed by atoms with Crippen LogP contribution in [0.2, 0.25) is 5.02 Å². The minimum Gasteiger partial charge on any atom is -0.481 e. The highest BCUT2D eigenvalue weighted by atomic mass is 35.5. The van der Waals surface area contributed by atoms with Gasteiger partial charge in [-0.3, -0.25) is 9.59 Å². The van der Waals surface area contributed by atoms with Crippen molar-refractivity contribution in [2.24, 2.45) is 0 Å². The molecule has 1 atom stereocenters. The van der Waals surface area contributed by atoms with E-state index in [-0.39, 0.29) is 36.1 Å². The largest absolute Gasteiger partial charge is 0.481 e. The lowest BCUT2D eigenvalue weighted by atomic mass is 9.82. The summed E-state index contributed by atoms with van der Waals surface area (Å²) in [6.07, 6.45) is -0.712. The molecule has 1 aliphatic rings. The number of benzene rings is 1. The molecule has 1 amide bonds. The molecule has 1 unspecified atom stereocenters. The molecule has 0 aliphatic carbocycles. The molecule has 23 heavy (non-hydrogen) atoms.